The maximum Gasteiger partial charge on any atom is 0.251 e. The number of aryl methyl sites for hydroxylation is 1. The minimum atomic E-state index is -0.0640. The van der Waals surface area contributed by atoms with Crippen LogP contribution in [0.2, 0.25) is 0 Å². The van der Waals surface area contributed by atoms with Crippen molar-refractivity contribution in [2.45, 2.75) is 25.3 Å². The molecule has 0 bridgehead atoms. The zero-order valence-corrected chi connectivity index (χ0v) is 11.3. The molecular formula is C17H17NO2. The van der Waals surface area contributed by atoms with E-state index in [0.717, 1.165) is 12.0 Å². The summed E-state index contributed by atoms with van der Waals surface area (Å²) in [7, 11) is 0. The summed E-state index contributed by atoms with van der Waals surface area (Å²) in [6, 6.07) is 15.3. The van der Waals surface area contributed by atoms with Gasteiger partial charge in [0.15, 0.2) is 0 Å². The zero-order valence-electron chi connectivity index (χ0n) is 11.3. The van der Waals surface area contributed by atoms with Gasteiger partial charge in [-0.3, -0.25) is 4.79 Å². The molecular weight excluding hydrogens is 250 g/mol. The van der Waals surface area contributed by atoms with Crippen molar-refractivity contribution < 1.29 is 9.90 Å². The lowest BCUT2D eigenvalue weighted by Crippen LogP contribution is -2.27. The van der Waals surface area contributed by atoms with Crippen LogP contribution in [-0.2, 0) is 0 Å². The van der Waals surface area contributed by atoms with Gasteiger partial charge >= 0.3 is 0 Å². The van der Waals surface area contributed by atoms with Gasteiger partial charge in [-0.1, -0.05) is 30.3 Å². The summed E-state index contributed by atoms with van der Waals surface area (Å²) in [5, 5.41) is 12.4. The van der Waals surface area contributed by atoms with E-state index in [2.05, 4.69) is 17.4 Å². The monoisotopic (exact) mass is 267 g/mol. The fraction of sp³-hybridized carbons (Fsp3) is 0.235. The van der Waals surface area contributed by atoms with E-state index in [0.29, 0.717) is 11.5 Å². The molecule has 3 rings (SSSR count). The van der Waals surface area contributed by atoms with Crippen LogP contribution >= 0.6 is 0 Å². The van der Waals surface area contributed by atoms with E-state index in [1.165, 1.54) is 5.56 Å². The maximum atomic E-state index is 12.2. The number of carbonyl (C=O) groups excluding carboxylic acids is 1. The molecule has 2 atom stereocenters. The number of nitrogens with one attached hydrogen (secondary N) is 1. The van der Waals surface area contributed by atoms with E-state index in [4.69, 9.17) is 0 Å². The van der Waals surface area contributed by atoms with Gasteiger partial charge in [0.05, 0.1) is 0 Å². The van der Waals surface area contributed by atoms with Gasteiger partial charge in [0.25, 0.3) is 5.91 Å². The molecule has 3 heteroatoms. The predicted molar refractivity (Wildman–Crippen MR) is 77.9 cm³/mol. The second-order valence-electron chi connectivity index (χ2n) is 5.33. The number of phenolic OH excluding ortho intramolecular Hbond substituents is 1. The van der Waals surface area contributed by atoms with Crippen molar-refractivity contribution in [3.63, 3.8) is 0 Å². The lowest BCUT2D eigenvalue weighted by atomic mass is 10.1. The number of hydrogen-bond donors (Lipinski definition) is 2. The highest BCUT2D eigenvalue weighted by atomic mass is 16.3. The summed E-state index contributed by atoms with van der Waals surface area (Å²) in [6.45, 7) is 1.83. The van der Waals surface area contributed by atoms with Gasteiger partial charge in [0.1, 0.15) is 5.75 Å². The summed E-state index contributed by atoms with van der Waals surface area (Å²) < 4.78 is 0. The normalized spacial score (nSPS) is 20.4. The van der Waals surface area contributed by atoms with Crippen LogP contribution in [0.4, 0.5) is 0 Å². The molecule has 0 saturated heterocycles. The molecule has 0 radical (unpaired) electrons. The predicted octanol–water partition coefficient (Wildman–Crippen LogP) is 2.99. The average molecular weight is 267 g/mol. The number of amides is 1. The van der Waals surface area contributed by atoms with Crippen molar-refractivity contribution in [1.82, 2.24) is 5.32 Å². The third-order valence-corrected chi connectivity index (χ3v) is 3.79. The SMILES string of the molecule is Cc1cc(O)ccc1C(=O)NC1CC1c1ccccc1. The Bertz CT molecular complexity index is 637. The van der Waals surface area contributed by atoms with Gasteiger partial charge in [-0.25, -0.2) is 0 Å². The topological polar surface area (TPSA) is 49.3 Å². The zero-order chi connectivity index (χ0) is 14.1. The van der Waals surface area contributed by atoms with Gasteiger partial charge in [0, 0.05) is 17.5 Å². The summed E-state index contributed by atoms with van der Waals surface area (Å²) in [6.07, 6.45) is 0.993. The Morgan fingerprint density at radius 2 is 1.95 bits per heavy atom. The van der Waals surface area contributed by atoms with Crippen LogP contribution < -0.4 is 5.32 Å². The Balaban J connectivity index is 1.66. The van der Waals surface area contributed by atoms with Gasteiger partial charge in [-0.05, 0) is 42.7 Å². The number of benzene rings is 2. The quantitative estimate of drug-likeness (QED) is 0.898. The van der Waals surface area contributed by atoms with E-state index in [9.17, 15) is 9.90 Å². The van der Waals surface area contributed by atoms with Crippen LogP contribution in [0.1, 0.15) is 33.8 Å². The summed E-state index contributed by atoms with van der Waals surface area (Å²) in [5.74, 6) is 0.552. The molecule has 0 aliphatic heterocycles. The minimum Gasteiger partial charge on any atom is -0.508 e. The maximum absolute atomic E-state index is 12.2. The molecule has 0 spiro atoms. The lowest BCUT2D eigenvalue weighted by Gasteiger charge is -2.08. The highest BCUT2D eigenvalue weighted by Gasteiger charge is 2.39. The Kier molecular flexibility index (Phi) is 3.18. The van der Waals surface area contributed by atoms with E-state index in [-0.39, 0.29) is 17.7 Å². The standard InChI is InChI=1S/C17H17NO2/c1-11-9-13(19)7-8-14(11)17(20)18-16-10-15(16)12-5-3-2-4-6-12/h2-9,15-16,19H,10H2,1H3,(H,18,20). The minimum absolute atomic E-state index is 0.0640. The number of aromatic hydroxyl groups is 1. The fourth-order valence-electron chi connectivity index (χ4n) is 2.57. The molecule has 2 N–H and O–H groups in total. The molecule has 0 heterocycles. The third kappa shape index (κ3) is 2.52. The smallest absolute Gasteiger partial charge is 0.251 e. The Morgan fingerprint density at radius 3 is 2.65 bits per heavy atom. The molecule has 2 aromatic rings. The van der Waals surface area contributed by atoms with E-state index in [1.807, 2.05) is 25.1 Å². The Labute approximate surface area is 118 Å². The molecule has 1 aliphatic rings. The summed E-state index contributed by atoms with van der Waals surface area (Å²) in [4.78, 5) is 12.2. The van der Waals surface area contributed by atoms with Crippen LogP contribution in [0.15, 0.2) is 48.5 Å². The number of phenols is 1. The number of hydrogen-bond acceptors (Lipinski definition) is 2. The molecule has 2 aromatic carbocycles. The average Bonchev–Trinajstić information content (AvgIpc) is 3.18. The van der Waals surface area contributed by atoms with Gasteiger partial charge in [0.2, 0.25) is 0 Å². The highest BCUT2D eigenvalue weighted by Crippen LogP contribution is 2.40. The Morgan fingerprint density at radius 1 is 1.20 bits per heavy atom. The molecule has 0 aromatic heterocycles. The van der Waals surface area contributed by atoms with Crippen molar-refractivity contribution >= 4 is 5.91 Å². The van der Waals surface area contributed by atoms with Crippen LogP contribution in [0, 0.1) is 6.92 Å². The highest BCUT2D eigenvalue weighted by molar-refractivity contribution is 5.96. The first-order valence-electron chi connectivity index (χ1n) is 6.80. The molecule has 1 aliphatic carbocycles. The molecule has 2 unspecified atom stereocenters. The summed E-state index contributed by atoms with van der Waals surface area (Å²) in [5.41, 5.74) is 2.70. The van der Waals surface area contributed by atoms with E-state index in [1.54, 1.807) is 18.2 Å². The molecule has 1 saturated carbocycles. The lowest BCUT2D eigenvalue weighted by molar-refractivity contribution is 0.0949. The fourth-order valence-corrected chi connectivity index (χ4v) is 2.57. The van der Waals surface area contributed by atoms with Crippen LogP contribution in [-0.4, -0.2) is 17.1 Å². The molecule has 1 fully saturated rings. The van der Waals surface area contributed by atoms with Crippen molar-refractivity contribution in [3.8, 4) is 5.75 Å². The first-order chi connectivity index (χ1) is 9.65. The van der Waals surface area contributed by atoms with Gasteiger partial charge in [-0.2, -0.15) is 0 Å². The van der Waals surface area contributed by atoms with Crippen molar-refractivity contribution in [3.05, 3.63) is 65.2 Å². The first-order valence-corrected chi connectivity index (χ1v) is 6.80. The van der Waals surface area contributed by atoms with Crippen LogP contribution in [0.5, 0.6) is 5.75 Å². The van der Waals surface area contributed by atoms with Gasteiger partial charge < -0.3 is 10.4 Å². The number of carbonyl (C=O) groups is 1. The van der Waals surface area contributed by atoms with Gasteiger partial charge in [-0.15, -0.1) is 0 Å². The Hall–Kier alpha value is -2.29. The van der Waals surface area contributed by atoms with Crippen molar-refractivity contribution in [2.24, 2.45) is 0 Å². The van der Waals surface area contributed by atoms with Crippen molar-refractivity contribution in [2.75, 3.05) is 0 Å². The largest absolute Gasteiger partial charge is 0.508 e. The summed E-state index contributed by atoms with van der Waals surface area (Å²) >= 11 is 0. The molecule has 3 nitrogen and oxygen atoms in total. The van der Waals surface area contributed by atoms with Crippen LogP contribution in [0.3, 0.4) is 0 Å². The number of rotatable bonds is 3. The molecule has 20 heavy (non-hydrogen) atoms. The second kappa shape index (κ2) is 5.00. The molecule has 102 valence electrons. The first kappa shape index (κ1) is 12.7. The van der Waals surface area contributed by atoms with Crippen LogP contribution in [0.25, 0.3) is 0 Å². The van der Waals surface area contributed by atoms with E-state index >= 15 is 0 Å². The molecule has 1 amide bonds. The van der Waals surface area contributed by atoms with E-state index < -0.39 is 0 Å². The second-order valence-corrected chi connectivity index (χ2v) is 5.33. The third-order valence-electron chi connectivity index (χ3n) is 3.79. The van der Waals surface area contributed by atoms with Crippen molar-refractivity contribution in [1.29, 1.82) is 0 Å².